The minimum atomic E-state index is -0.877. The Morgan fingerprint density at radius 3 is 2.53 bits per heavy atom. The lowest BCUT2D eigenvalue weighted by Crippen LogP contribution is -1.98. The Balaban J connectivity index is 2.25. The number of aliphatic hydroxyl groups is 1. The first-order chi connectivity index (χ1) is 8.08. The number of hydrogen-bond donors (Lipinski definition) is 1. The van der Waals surface area contributed by atoms with Crippen LogP contribution in [-0.2, 0) is 6.42 Å². The Kier molecular flexibility index (Phi) is 3.14. The lowest BCUT2D eigenvalue weighted by Gasteiger charge is -2.00. The first kappa shape index (κ1) is 11.7. The molecular formula is C11H10F2N2O2. The monoisotopic (exact) mass is 240 g/mol. The average Bonchev–Trinajstić information content (AvgIpc) is 2.72. The molecule has 0 fully saturated rings. The molecule has 1 N–H and O–H groups in total. The number of rotatable bonds is 3. The number of halogens is 2. The maximum absolute atomic E-state index is 13.3. The van der Waals surface area contributed by atoms with Gasteiger partial charge >= 0.3 is 0 Å². The Labute approximate surface area is 95.9 Å². The SMILES string of the molecule is CC(O)c1noc(Cc2c(F)cccc2F)n1. The second-order valence-corrected chi connectivity index (χ2v) is 3.60. The van der Waals surface area contributed by atoms with Crippen LogP contribution in [0.2, 0.25) is 0 Å². The van der Waals surface area contributed by atoms with Gasteiger partial charge in [0, 0.05) is 5.56 Å². The molecule has 6 heteroatoms. The molecule has 0 aliphatic heterocycles. The van der Waals surface area contributed by atoms with Crippen LogP contribution in [0.15, 0.2) is 22.7 Å². The van der Waals surface area contributed by atoms with Gasteiger partial charge in [-0.1, -0.05) is 11.2 Å². The van der Waals surface area contributed by atoms with Crippen molar-refractivity contribution in [2.45, 2.75) is 19.4 Å². The van der Waals surface area contributed by atoms with Crippen molar-refractivity contribution in [3.8, 4) is 0 Å². The molecule has 0 aliphatic carbocycles. The van der Waals surface area contributed by atoms with Gasteiger partial charge in [-0.15, -0.1) is 0 Å². The molecule has 1 atom stereocenters. The molecule has 1 heterocycles. The van der Waals surface area contributed by atoms with Crippen molar-refractivity contribution in [2.75, 3.05) is 0 Å². The van der Waals surface area contributed by atoms with Crippen molar-refractivity contribution in [3.05, 3.63) is 47.1 Å². The van der Waals surface area contributed by atoms with E-state index < -0.39 is 17.7 Å². The third kappa shape index (κ3) is 2.47. The quantitative estimate of drug-likeness (QED) is 0.891. The maximum atomic E-state index is 13.3. The van der Waals surface area contributed by atoms with Crippen LogP contribution < -0.4 is 0 Å². The Bertz CT molecular complexity index is 506. The van der Waals surface area contributed by atoms with Gasteiger partial charge in [0.2, 0.25) is 5.89 Å². The van der Waals surface area contributed by atoms with E-state index in [1.807, 2.05) is 0 Å². The van der Waals surface area contributed by atoms with Gasteiger partial charge in [-0.05, 0) is 19.1 Å². The molecule has 1 unspecified atom stereocenters. The second kappa shape index (κ2) is 4.58. The number of aromatic nitrogens is 2. The third-order valence-electron chi connectivity index (χ3n) is 2.25. The molecule has 1 aromatic heterocycles. The predicted molar refractivity (Wildman–Crippen MR) is 54.1 cm³/mol. The van der Waals surface area contributed by atoms with E-state index in [1.54, 1.807) is 0 Å². The van der Waals surface area contributed by atoms with Crippen molar-refractivity contribution in [3.63, 3.8) is 0 Å². The summed E-state index contributed by atoms with van der Waals surface area (Å²) in [6, 6.07) is 3.60. The molecule has 0 spiro atoms. The van der Waals surface area contributed by atoms with Crippen LogP contribution in [0, 0.1) is 11.6 Å². The highest BCUT2D eigenvalue weighted by Gasteiger charge is 2.15. The van der Waals surface area contributed by atoms with Crippen LogP contribution in [0.3, 0.4) is 0 Å². The summed E-state index contributed by atoms with van der Waals surface area (Å²) < 4.78 is 31.4. The van der Waals surface area contributed by atoms with E-state index in [2.05, 4.69) is 10.1 Å². The summed E-state index contributed by atoms with van der Waals surface area (Å²) in [6.07, 6.45) is -1.02. The van der Waals surface area contributed by atoms with Gasteiger partial charge in [-0.25, -0.2) is 8.78 Å². The molecule has 0 saturated carbocycles. The van der Waals surface area contributed by atoms with Crippen LogP contribution >= 0.6 is 0 Å². The fourth-order valence-corrected chi connectivity index (χ4v) is 1.36. The van der Waals surface area contributed by atoms with Crippen LogP contribution in [0.4, 0.5) is 8.78 Å². The van der Waals surface area contributed by atoms with Gasteiger partial charge in [-0.3, -0.25) is 0 Å². The first-order valence-electron chi connectivity index (χ1n) is 5.01. The minimum absolute atomic E-state index is 0.0601. The third-order valence-corrected chi connectivity index (χ3v) is 2.25. The van der Waals surface area contributed by atoms with Crippen LogP contribution in [0.1, 0.15) is 30.3 Å². The first-order valence-corrected chi connectivity index (χ1v) is 5.01. The average molecular weight is 240 g/mol. The lowest BCUT2D eigenvalue weighted by molar-refractivity contribution is 0.184. The van der Waals surface area contributed by atoms with E-state index in [-0.39, 0.29) is 23.7 Å². The fraction of sp³-hybridized carbons (Fsp3) is 0.273. The molecule has 1 aromatic carbocycles. The molecule has 90 valence electrons. The minimum Gasteiger partial charge on any atom is -0.385 e. The summed E-state index contributed by atoms with van der Waals surface area (Å²) in [6.45, 7) is 1.47. The van der Waals surface area contributed by atoms with E-state index in [0.717, 1.165) is 12.1 Å². The normalized spacial score (nSPS) is 12.7. The molecule has 0 aliphatic rings. The zero-order valence-electron chi connectivity index (χ0n) is 9.02. The summed E-state index contributed by atoms with van der Waals surface area (Å²) in [5.41, 5.74) is -0.131. The Hall–Kier alpha value is -1.82. The van der Waals surface area contributed by atoms with Crippen molar-refractivity contribution in [1.29, 1.82) is 0 Å². The number of benzene rings is 1. The molecule has 0 amide bonds. The van der Waals surface area contributed by atoms with Gasteiger partial charge in [0.1, 0.15) is 17.7 Å². The van der Waals surface area contributed by atoms with Crippen molar-refractivity contribution in [1.82, 2.24) is 10.1 Å². The molecule has 4 nitrogen and oxygen atoms in total. The number of aliphatic hydroxyl groups excluding tert-OH is 1. The van der Waals surface area contributed by atoms with Crippen LogP contribution in [0.25, 0.3) is 0 Å². The van der Waals surface area contributed by atoms with Crippen molar-refractivity contribution < 1.29 is 18.4 Å². The summed E-state index contributed by atoms with van der Waals surface area (Å²) in [5.74, 6) is -1.18. The van der Waals surface area contributed by atoms with Gasteiger partial charge in [0.15, 0.2) is 5.82 Å². The van der Waals surface area contributed by atoms with Crippen LogP contribution in [0.5, 0.6) is 0 Å². The van der Waals surface area contributed by atoms with Gasteiger partial charge in [0.25, 0.3) is 0 Å². The van der Waals surface area contributed by atoms with Crippen LogP contribution in [-0.4, -0.2) is 15.2 Å². The molecule has 0 bridgehead atoms. The van der Waals surface area contributed by atoms with Gasteiger partial charge < -0.3 is 9.63 Å². The van der Waals surface area contributed by atoms with E-state index in [1.165, 1.54) is 13.0 Å². The summed E-state index contributed by atoms with van der Waals surface area (Å²) in [5, 5.41) is 12.7. The Morgan fingerprint density at radius 2 is 2.00 bits per heavy atom. The fourth-order valence-electron chi connectivity index (χ4n) is 1.36. The van der Waals surface area contributed by atoms with Gasteiger partial charge in [-0.2, -0.15) is 4.98 Å². The molecule has 0 saturated heterocycles. The Morgan fingerprint density at radius 1 is 1.35 bits per heavy atom. The highest BCUT2D eigenvalue weighted by atomic mass is 19.1. The standard InChI is InChI=1S/C11H10F2N2O2/c1-6(16)11-14-10(17-15-11)5-7-8(12)3-2-4-9(7)13/h2-4,6,16H,5H2,1H3. The van der Waals surface area contributed by atoms with Crippen molar-refractivity contribution in [2.24, 2.45) is 0 Å². The topological polar surface area (TPSA) is 59.2 Å². The highest BCUT2D eigenvalue weighted by molar-refractivity contribution is 5.22. The zero-order valence-corrected chi connectivity index (χ0v) is 9.02. The smallest absolute Gasteiger partial charge is 0.231 e. The summed E-state index contributed by atoms with van der Waals surface area (Å²) in [7, 11) is 0. The molecule has 2 rings (SSSR count). The van der Waals surface area contributed by atoms with Gasteiger partial charge in [0.05, 0.1) is 6.42 Å². The van der Waals surface area contributed by atoms with E-state index in [4.69, 9.17) is 4.52 Å². The molecule has 0 radical (unpaired) electrons. The summed E-state index contributed by atoms with van der Waals surface area (Å²) >= 11 is 0. The largest absolute Gasteiger partial charge is 0.385 e. The molecule has 2 aromatic rings. The zero-order chi connectivity index (χ0) is 12.4. The van der Waals surface area contributed by atoms with E-state index >= 15 is 0 Å². The highest BCUT2D eigenvalue weighted by Crippen LogP contribution is 2.17. The van der Waals surface area contributed by atoms with E-state index in [9.17, 15) is 13.9 Å². The number of nitrogens with zero attached hydrogens (tertiary/aromatic N) is 2. The second-order valence-electron chi connectivity index (χ2n) is 3.60. The van der Waals surface area contributed by atoms with E-state index in [0.29, 0.717) is 0 Å². The number of hydrogen-bond acceptors (Lipinski definition) is 4. The lowest BCUT2D eigenvalue weighted by atomic mass is 10.1. The van der Waals surface area contributed by atoms with Crippen molar-refractivity contribution >= 4 is 0 Å². The molecule has 17 heavy (non-hydrogen) atoms. The molecular weight excluding hydrogens is 230 g/mol. The summed E-state index contributed by atoms with van der Waals surface area (Å²) in [4.78, 5) is 3.83. The predicted octanol–water partition coefficient (Wildman–Crippen LogP) is 1.99. The maximum Gasteiger partial charge on any atom is 0.231 e.